The van der Waals surface area contributed by atoms with Crippen molar-refractivity contribution in [2.75, 3.05) is 7.05 Å². The van der Waals surface area contributed by atoms with Crippen LogP contribution in [0.3, 0.4) is 0 Å². The summed E-state index contributed by atoms with van der Waals surface area (Å²) >= 11 is 1.72. The monoisotopic (exact) mass is 264 g/mol. The van der Waals surface area contributed by atoms with Crippen molar-refractivity contribution < 1.29 is 0 Å². The lowest BCUT2D eigenvalue weighted by molar-refractivity contribution is 0.727. The van der Waals surface area contributed by atoms with Gasteiger partial charge in [0.15, 0.2) is 11.8 Å². The smallest absolute Gasteiger partial charge is 0.191 e. The average molecular weight is 264 g/mol. The Hall–Kier alpha value is -1.89. The Morgan fingerprint density at radius 1 is 1.44 bits per heavy atom. The molecule has 0 aromatic carbocycles. The molecule has 0 aliphatic carbocycles. The number of aromatic nitrogens is 3. The SMILES string of the molecule is CN=C(NCc1cccs1)NCc1nncn1C. The molecule has 0 fully saturated rings. The van der Waals surface area contributed by atoms with Gasteiger partial charge < -0.3 is 15.2 Å². The van der Waals surface area contributed by atoms with Crippen molar-refractivity contribution in [1.29, 1.82) is 0 Å². The van der Waals surface area contributed by atoms with Crippen molar-refractivity contribution in [2.24, 2.45) is 12.0 Å². The van der Waals surface area contributed by atoms with Crippen molar-refractivity contribution >= 4 is 17.3 Å². The van der Waals surface area contributed by atoms with Crippen LogP contribution in [0, 0.1) is 0 Å². The topological polar surface area (TPSA) is 67.1 Å². The van der Waals surface area contributed by atoms with Crippen LogP contribution in [-0.2, 0) is 20.1 Å². The summed E-state index contributed by atoms with van der Waals surface area (Å²) in [7, 11) is 3.67. The lowest BCUT2D eigenvalue weighted by atomic mass is 10.4. The van der Waals surface area contributed by atoms with E-state index in [0.29, 0.717) is 6.54 Å². The maximum absolute atomic E-state index is 4.16. The highest BCUT2D eigenvalue weighted by Gasteiger charge is 2.02. The molecule has 0 bridgehead atoms. The number of nitrogens with one attached hydrogen (secondary N) is 2. The molecule has 96 valence electrons. The van der Waals surface area contributed by atoms with Crippen molar-refractivity contribution in [3.63, 3.8) is 0 Å². The van der Waals surface area contributed by atoms with Crippen LogP contribution in [0.15, 0.2) is 28.8 Å². The van der Waals surface area contributed by atoms with E-state index in [1.165, 1.54) is 4.88 Å². The van der Waals surface area contributed by atoms with Crippen molar-refractivity contribution in [2.45, 2.75) is 13.1 Å². The summed E-state index contributed by atoms with van der Waals surface area (Å²) in [6.07, 6.45) is 1.68. The summed E-state index contributed by atoms with van der Waals surface area (Å²) < 4.78 is 1.87. The molecule has 0 amide bonds. The highest BCUT2D eigenvalue weighted by atomic mass is 32.1. The molecule has 7 heteroatoms. The molecule has 0 aliphatic rings. The van der Waals surface area contributed by atoms with Crippen LogP contribution in [0.4, 0.5) is 0 Å². The van der Waals surface area contributed by atoms with E-state index in [1.807, 2.05) is 17.7 Å². The number of rotatable bonds is 4. The molecule has 0 spiro atoms. The first-order valence-electron chi connectivity index (χ1n) is 5.59. The van der Waals surface area contributed by atoms with Gasteiger partial charge in [0.25, 0.3) is 0 Å². The Kier molecular flexibility index (Phi) is 4.30. The minimum absolute atomic E-state index is 0.598. The van der Waals surface area contributed by atoms with Crippen molar-refractivity contribution in [1.82, 2.24) is 25.4 Å². The maximum Gasteiger partial charge on any atom is 0.191 e. The normalized spacial score (nSPS) is 11.6. The number of thiophene rings is 1. The number of aliphatic imine (C=N–C) groups is 1. The molecule has 0 aliphatic heterocycles. The molecular formula is C11H16N6S. The Morgan fingerprint density at radius 2 is 2.28 bits per heavy atom. The van der Waals surface area contributed by atoms with Gasteiger partial charge in [-0.1, -0.05) is 6.07 Å². The fourth-order valence-electron chi connectivity index (χ4n) is 1.43. The number of guanidine groups is 1. The van der Waals surface area contributed by atoms with Crippen LogP contribution >= 0.6 is 11.3 Å². The summed E-state index contributed by atoms with van der Waals surface area (Å²) in [4.78, 5) is 5.43. The highest BCUT2D eigenvalue weighted by molar-refractivity contribution is 7.09. The van der Waals surface area contributed by atoms with Gasteiger partial charge >= 0.3 is 0 Å². The first kappa shape index (κ1) is 12.6. The summed E-state index contributed by atoms with van der Waals surface area (Å²) in [6, 6.07) is 4.13. The Bertz CT molecular complexity index is 501. The van der Waals surface area contributed by atoms with Crippen LogP contribution in [0.25, 0.3) is 0 Å². The standard InChI is InChI=1S/C11H16N6S/c1-12-11(13-6-9-4-3-5-18-9)14-7-10-16-15-8-17(10)2/h3-5,8H,6-7H2,1-2H3,(H2,12,13,14). The largest absolute Gasteiger partial charge is 0.352 e. The van der Waals surface area contributed by atoms with E-state index in [2.05, 4.69) is 37.3 Å². The Balaban J connectivity index is 1.81. The summed E-state index contributed by atoms with van der Waals surface area (Å²) in [5.74, 6) is 1.63. The minimum atomic E-state index is 0.598. The molecule has 0 atom stereocenters. The molecule has 0 saturated carbocycles. The molecule has 2 aromatic heterocycles. The molecular weight excluding hydrogens is 248 g/mol. The van der Waals surface area contributed by atoms with Crippen molar-refractivity contribution in [3.05, 3.63) is 34.5 Å². The minimum Gasteiger partial charge on any atom is -0.352 e. The molecule has 0 radical (unpaired) electrons. The van der Waals surface area contributed by atoms with Crippen LogP contribution < -0.4 is 10.6 Å². The fraction of sp³-hybridized carbons (Fsp3) is 0.364. The quantitative estimate of drug-likeness (QED) is 0.631. The fourth-order valence-corrected chi connectivity index (χ4v) is 2.08. The third-order valence-corrected chi connectivity index (χ3v) is 3.33. The van der Waals surface area contributed by atoms with Gasteiger partial charge in [-0.25, -0.2) is 0 Å². The van der Waals surface area contributed by atoms with Gasteiger partial charge in [0.2, 0.25) is 0 Å². The molecule has 0 saturated heterocycles. The maximum atomic E-state index is 4.16. The van der Waals surface area contributed by atoms with E-state index >= 15 is 0 Å². The zero-order chi connectivity index (χ0) is 12.8. The molecule has 6 nitrogen and oxygen atoms in total. The Labute approximate surface area is 110 Å². The molecule has 2 rings (SSSR count). The van der Waals surface area contributed by atoms with E-state index in [0.717, 1.165) is 18.3 Å². The van der Waals surface area contributed by atoms with Crippen LogP contribution in [-0.4, -0.2) is 27.8 Å². The van der Waals surface area contributed by atoms with Gasteiger partial charge in [-0.2, -0.15) is 0 Å². The molecule has 2 N–H and O–H groups in total. The third kappa shape index (κ3) is 3.30. The second kappa shape index (κ2) is 6.15. The first-order chi connectivity index (χ1) is 8.79. The van der Waals surface area contributed by atoms with E-state index in [9.17, 15) is 0 Å². The van der Waals surface area contributed by atoms with Crippen LogP contribution in [0.2, 0.25) is 0 Å². The van der Waals surface area contributed by atoms with Crippen LogP contribution in [0.5, 0.6) is 0 Å². The average Bonchev–Trinajstić information content (AvgIpc) is 3.01. The zero-order valence-corrected chi connectivity index (χ0v) is 11.2. The van der Waals surface area contributed by atoms with Gasteiger partial charge in [-0.05, 0) is 11.4 Å². The number of aryl methyl sites for hydroxylation is 1. The van der Waals surface area contributed by atoms with Gasteiger partial charge in [0, 0.05) is 19.0 Å². The highest BCUT2D eigenvalue weighted by Crippen LogP contribution is 2.07. The van der Waals surface area contributed by atoms with Gasteiger partial charge in [0.05, 0.1) is 13.1 Å². The number of nitrogens with zero attached hydrogens (tertiary/aromatic N) is 4. The zero-order valence-electron chi connectivity index (χ0n) is 10.4. The Morgan fingerprint density at radius 3 is 2.89 bits per heavy atom. The van der Waals surface area contributed by atoms with E-state index in [1.54, 1.807) is 24.7 Å². The summed E-state index contributed by atoms with van der Waals surface area (Å²) in [5.41, 5.74) is 0. The predicted octanol–water partition coefficient (Wildman–Crippen LogP) is 0.742. The lowest BCUT2D eigenvalue weighted by Gasteiger charge is -2.10. The first-order valence-corrected chi connectivity index (χ1v) is 6.47. The summed E-state index contributed by atoms with van der Waals surface area (Å²) in [6.45, 7) is 1.37. The van der Waals surface area contributed by atoms with E-state index in [4.69, 9.17) is 0 Å². The summed E-state index contributed by atoms with van der Waals surface area (Å²) in [5, 5.41) is 16.3. The van der Waals surface area contributed by atoms with Gasteiger partial charge in [-0.15, -0.1) is 21.5 Å². The number of hydrogen-bond donors (Lipinski definition) is 2. The van der Waals surface area contributed by atoms with Gasteiger partial charge in [-0.3, -0.25) is 4.99 Å². The number of hydrogen-bond acceptors (Lipinski definition) is 4. The lowest BCUT2D eigenvalue weighted by Crippen LogP contribution is -2.36. The van der Waals surface area contributed by atoms with E-state index in [-0.39, 0.29) is 0 Å². The van der Waals surface area contributed by atoms with E-state index < -0.39 is 0 Å². The second-order valence-electron chi connectivity index (χ2n) is 3.72. The van der Waals surface area contributed by atoms with Crippen molar-refractivity contribution in [3.8, 4) is 0 Å². The second-order valence-corrected chi connectivity index (χ2v) is 4.75. The molecule has 0 unspecified atom stereocenters. The van der Waals surface area contributed by atoms with Crippen LogP contribution in [0.1, 0.15) is 10.7 Å². The molecule has 2 aromatic rings. The predicted molar refractivity (Wildman–Crippen MR) is 72.4 cm³/mol. The third-order valence-electron chi connectivity index (χ3n) is 2.45. The molecule has 2 heterocycles. The molecule has 18 heavy (non-hydrogen) atoms. The van der Waals surface area contributed by atoms with Gasteiger partial charge in [0.1, 0.15) is 6.33 Å².